The monoisotopic (exact) mass is 382 g/mol. The van der Waals surface area contributed by atoms with E-state index in [4.69, 9.17) is 4.74 Å². The summed E-state index contributed by atoms with van der Waals surface area (Å²) in [4.78, 5) is 28.5. The van der Waals surface area contributed by atoms with Crippen molar-refractivity contribution in [3.8, 4) is 5.75 Å². The lowest BCUT2D eigenvalue weighted by Gasteiger charge is -2.22. The Labute approximate surface area is 165 Å². The second-order valence-corrected chi connectivity index (χ2v) is 7.03. The standard InChI is InChI=1S/C22H26N2O4/c1-28-20-9-5-8-18(12-20)13-21(26)24-15-19(25)14-23(22(27)16-24)11-10-17-6-3-2-4-7-17/h2-9,12,19,25H,10-11,13-16H2,1H3. The first-order valence-electron chi connectivity index (χ1n) is 9.45. The first-order valence-corrected chi connectivity index (χ1v) is 9.45. The summed E-state index contributed by atoms with van der Waals surface area (Å²) in [7, 11) is 1.58. The van der Waals surface area contributed by atoms with Crippen molar-refractivity contribution in [3.05, 3.63) is 65.7 Å². The summed E-state index contributed by atoms with van der Waals surface area (Å²) in [5.74, 6) is 0.376. The van der Waals surface area contributed by atoms with Gasteiger partial charge < -0.3 is 19.6 Å². The summed E-state index contributed by atoms with van der Waals surface area (Å²) in [6.07, 6.45) is 0.134. The summed E-state index contributed by atoms with van der Waals surface area (Å²) in [5, 5.41) is 10.3. The normalized spacial score (nSPS) is 17.4. The number of aliphatic hydroxyl groups is 1. The third kappa shape index (κ3) is 5.33. The van der Waals surface area contributed by atoms with E-state index in [2.05, 4.69) is 0 Å². The molecule has 1 aliphatic heterocycles. The van der Waals surface area contributed by atoms with Gasteiger partial charge in [0.05, 0.1) is 26.2 Å². The zero-order chi connectivity index (χ0) is 19.9. The molecule has 0 saturated carbocycles. The maximum atomic E-state index is 12.7. The average molecular weight is 382 g/mol. The molecule has 2 amide bonds. The maximum absolute atomic E-state index is 12.7. The van der Waals surface area contributed by atoms with E-state index in [0.717, 1.165) is 17.5 Å². The molecule has 2 aromatic rings. The Morgan fingerprint density at radius 3 is 2.61 bits per heavy atom. The second kappa shape index (κ2) is 9.37. The molecule has 2 aromatic carbocycles. The fraction of sp³-hybridized carbons (Fsp3) is 0.364. The molecule has 1 saturated heterocycles. The zero-order valence-corrected chi connectivity index (χ0v) is 16.1. The highest BCUT2D eigenvalue weighted by molar-refractivity contribution is 5.86. The Bertz CT molecular complexity index is 809. The van der Waals surface area contributed by atoms with Crippen LogP contribution in [0, 0.1) is 0 Å². The lowest BCUT2D eigenvalue weighted by Crippen LogP contribution is -2.40. The molecule has 0 aromatic heterocycles. The number of β-amino-alcohol motifs (C(OH)–C–C–N with tert-alkyl or cyclic N) is 1. The number of methoxy groups -OCH3 is 1. The molecule has 0 aliphatic carbocycles. The van der Waals surface area contributed by atoms with Gasteiger partial charge in [0.25, 0.3) is 0 Å². The summed E-state index contributed by atoms with van der Waals surface area (Å²) in [6.45, 7) is 0.928. The predicted octanol–water partition coefficient (Wildman–Crippen LogP) is 1.51. The maximum Gasteiger partial charge on any atom is 0.242 e. The highest BCUT2D eigenvalue weighted by Gasteiger charge is 2.29. The highest BCUT2D eigenvalue weighted by Crippen LogP contribution is 2.15. The van der Waals surface area contributed by atoms with E-state index >= 15 is 0 Å². The highest BCUT2D eigenvalue weighted by atomic mass is 16.5. The van der Waals surface area contributed by atoms with Crippen molar-refractivity contribution < 1.29 is 19.4 Å². The van der Waals surface area contributed by atoms with E-state index in [1.807, 2.05) is 48.5 Å². The van der Waals surface area contributed by atoms with E-state index < -0.39 is 6.10 Å². The van der Waals surface area contributed by atoms with Crippen LogP contribution in [-0.2, 0) is 22.4 Å². The van der Waals surface area contributed by atoms with Crippen molar-refractivity contribution in [2.75, 3.05) is 33.3 Å². The number of carbonyl (C=O) groups is 2. The minimum atomic E-state index is -0.753. The van der Waals surface area contributed by atoms with Crippen molar-refractivity contribution in [1.82, 2.24) is 9.80 Å². The number of amides is 2. The van der Waals surface area contributed by atoms with Crippen LogP contribution in [0.4, 0.5) is 0 Å². The molecule has 1 fully saturated rings. The predicted molar refractivity (Wildman–Crippen MR) is 106 cm³/mol. The van der Waals surface area contributed by atoms with E-state index in [0.29, 0.717) is 12.3 Å². The molecule has 6 heteroatoms. The Morgan fingerprint density at radius 1 is 1.11 bits per heavy atom. The van der Waals surface area contributed by atoms with Crippen molar-refractivity contribution in [2.45, 2.75) is 18.9 Å². The van der Waals surface area contributed by atoms with E-state index in [1.165, 1.54) is 4.90 Å². The number of hydrogen-bond donors (Lipinski definition) is 1. The van der Waals surface area contributed by atoms with E-state index in [1.54, 1.807) is 18.1 Å². The van der Waals surface area contributed by atoms with Crippen molar-refractivity contribution in [2.24, 2.45) is 0 Å². The SMILES string of the molecule is COc1cccc(CC(=O)N2CC(=O)N(CCc3ccccc3)CC(O)C2)c1. The van der Waals surface area contributed by atoms with Gasteiger partial charge in [-0.05, 0) is 29.7 Å². The minimum absolute atomic E-state index is 0.00531. The molecule has 1 unspecified atom stereocenters. The lowest BCUT2D eigenvalue weighted by molar-refractivity contribution is -0.138. The molecular weight excluding hydrogens is 356 g/mol. The lowest BCUT2D eigenvalue weighted by atomic mass is 10.1. The molecule has 0 bridgehead atoms. The molecule has 1 aliphatic rings. The van der Waals surface area contributed by atoms with Gasteiger partial charge in [0.15, 0.2) is 0 Å². The number of aliphatic hydroxyl groups excluding tert-OH is 1. The van der Waals surface area contributed by atoms with Crippen LogP contribution >= 0.6 is 0 Å². The molecule has 0 radical (unpaired) electrons. The number of rotatable bonds is 6. The molecule has 1 N–H and O–H groups in total. The van der Waals surface area contributed by atoms with Gasteiger partial charge in [0.1, 0.15) is 5.75 Å². The van der Waals surface area contributed by atoms with Crippen LogP contribution in [0.2, 0.25) is 0 Å². The summed E-state index contributed by atoms with van der Waals surface area (Å²) in [5.41, 5.74) is 1.96. The summed E-state index contributed by atoms with van der Waals surface area (Å²) >= 11 is 0. The Hall–Kier alpha value is -2.86. The molecule has 1 atom stereocenters. The van der Waals surface area contributed by atoms with Crippen LogP contribution in [0.25, 0.3) is 0 Å². The zero-order valence-electron chi connectivity index (χ0n) is 16.1. The Morgan fingerprint density at radius 2 is 1.86 bits per heavy atom. The van der Waals surface area contributed by atoms with Crippen molar-refractivity contribution >= 4 is 11.8 Å². The summed E-state index contributed by atoms with van der Waals surface area (Å²) in [6, 6.07) is 17.2. The van der Waals surface area contributed by atoms with Gasteiger partial charge in [-0.15, -0.1) is 0 Å². The van der Waals surface area contributed by atoms with Crippen LogP contribution in [0.1, 0.15) is 11.1 Å². The van der Waals surface area contributed by atoms with Crippen LogP contribution in [0.3, 0.4) is 0 Å². The first-order chi connectivity index (χ1) is 13.5. The first kappa shape index (κ1) is 19.9. The topological polar surface area (TPSA) is 70.1 Å². The number of ether oxygens (including phenoxy) is 1. The van der Waals surface area contributed by atoms with Crippen LogP contribution in [-0.4, -0.2) is 66.1 Å². The minimum Gasteiger partial charge on any atom is -0.497 e. The largest absolute Gasteiger partial charge is 0.497 e. The number of carbonyl (C=O) groups excluding carboxylic acids is 2. The number of nitrogens with zero attached hydrogens (tertiary/aromatic N) is 2. The van der Waals surface area contributed by atoms with Gasteiger partial charge in [0.2, 0.25) is 11.8 Å². The molecule has 28 heavy (non-hydrogen) atoms. The van der Waals surface area contributed by atoms with Crippen molar-refractivity contribution in [1.29, 1.82) is 0 Å². The fourth-order valence-electron chi connectivity index (χ4n) is 3.38. The Balaban J connectivity index is 1.61. The average Bonchev–Trinajstić information content (AvgIpc) is 2.85. The van der Waals surface area contributed by atoms with Crippen LogP contribution in [0.5, 0.6) is 5.75 Å². The summed E-state index contributed by atoms with van der Waals surface area (Å²) < 4.78 is 5.19. The molecule has 0 spiro atoms. The van der Waals surface area contributed by atoms with Crippen LogP contribution < -0.4 is 4.74 Å². The van der Waals surface area contributed by atoms with Gasteiger partial charge in [0, 0.05) is 19.6 Å². The van der Waals surface area contributed by atoms with Gasteiger partial charge in [-0.2, -0.15) is 0 Å². The van der Waals surface area contributed by atoms with E-state index in [9.17, 15) is 14.7 Å². The van der Waals surface area contributed by atoms with Gasteiger partial charge in [-0.3, -0.25) is 9.59 Å². The van der Waals surface area contributed by atoms with Gasteiger partial charge in [-0.25, -0.2) is 0 Å². The van der Waals surface area contributed by atoms with Gasteiger partial charge >= 0.3 is 0 Å². The third-order valence-electron chi connectivity index (χ3n) is 4.90. The quantitative estimate of drug-likeness (QED) is 0.822. The smallest absolute Gasteiger partial charge is 0.242 e. The van der Waals surface area contributed by atoms with Gasteiger partial charge in [-0.1, -0.05) is 42.5 Å². The molecule has 6 nitrogen and oxygen atoms in total. The number of hydrogen-bond acceptors (Lipinski definition) is 4. The molecule has 148 valence electrons. The third-order valence-corrected chi connectivity index (χ3v) is 4.90. The van der Waals surface area contributed by atoms with Crippen LogP contribution in [0.15, 0.2) is 54.6 Å². The second-order valence-electron chi connectivity index (χ2n) is 7.03. The molecule has 3 rings (SSSR count). The van der Waals surface area contributed by atoms with E-state index in [-0.39, 0.29) is 37.9 Å². The Kier molecular flexibility index (Phi) is 6.66. The van der Waals surface area contributed by atoms with Crippen molar-refractivity contribution in [3.63, 3.8) is 0 Å². The molecule has 1 heterocycles. The number of benzene rings is 2. The fourth-order valence-corrected chi connectivity index (χ4v) is 3.38. The molecular formula is C22H26N2O4.